The number of carbonyl (C=O) groups excluding carboxylic acids is 1. The van der Waals surface area contributed by atoms with Crippen molar-refractivity contribution in [1.29, 1.82) is 0 Å². The Bertz CT molecular complexity index is 1180. The number of sulfonamides is 1. The second-order valence-corrected chi connectivity index (χ2v) is 9.54. The number of rotatable bonds is 7. The molecule has 1 aliphatic rings. The molecular formula is C22H23ClN4O3S. The van der Waals surface area contributed by atoms with Gasteiger partial charge in [0.15, 0.2) is 0 Å². The Kier molecular flexibility index (Phi) is 6.41. The number of aromatic nitrogens is 2. The summed E-state index contributed by atoms with van der Waals surface area (Å²) in [6.07, 6.45) is 5.36. The van der Waals surface area contributed by atoms with Gasteiger partial charge in [0, 0.05) is 43.4 Å². The molecule has 9 heteroatoms. The van der Waals surface area contributed by atoms with Crippen molar-refractivity contribution in [2.24, 2.45) is 0 Å². The lowest BCUT2D eigenvalue weighted by Gasteiger charge is -2.11. The van der Waals surface area contributed by atoms with Crippen molar-refractivity contribution in [3.8, 4) is 11.3 Å². The smallest absolute Gasteiger partial charge is 0.242 e. The number of nitrogens with one attached hydrogen (secondary N) is 2. The van der Waals surface area contributed by atoms with Crippen LogP contribution < -0.4 is 10.0 Å². The molecule has 1 amide bonds. The molecular weight excluding hydrogens is 436 g/mol. The van der Waals surface area contributed by atoms with Gasteiger partial charge in [0.25, 0.3) is 0 Å². The van der Waals surface area contributed by atoms with Crippen molar-refractivity contribution in [2.45, 2.75) is 37.1 Å². The Morgan fingerprint density at radius 3 is 2.77 bits per heavy atom. The molecule has 1 aliphatic heterocycles. The van der Waals surface area contributed by atoms with E-state index in [1.54, 1.807) is 18.2 Å². The first-order valence-electron chi connectivity index (χ1n) is 10.1. The topological polar surface area (TPSA) is 93.1 Å². The van der Waals surface area contributed by atoms with Gasteiger partial charge < -0.3 is 9.88 Å². The molecule has 3 aromatic rings. The van der Waals surface area contributed by atoms with Gasteiger partial charge in [0.1, 0.15) is 10.7 Å². The highest BCUT2D eigenvalue weighted by molar-refractivity contribution is 7.89. The maximum absolute atomic E-state index is 12.3. The fourth-order valence-electron chi connectivity index (χ4n) is 3.57. The zero-order valence-electron chi connectivity index (χ0n) is 16.8. The lowest BCUT2D eigenvalue weighted by molar-refractivity contribution is -0.116. The average Bonchev–Trinajstić information content (AvgIpc) is 3.18. The maximum Gasteiger partial charge on any atom is 0.242 e. The van der Waals surface area contributed by atoms with Crippen molar-refractivity contribution in [3.05, 3.63) is 65.6 Å². The Hall–Kier alpha value is -2.68. The molecule has 0 atom stereocenters. The van der Waals surface area contributed by atoms with Gasteiger partial charge in [-0.1, -0.05) is 35.9 Å². The quantitative estimate of drug-likeness (QED) is 0.562. The molecule has 0 radical (unpaired) electrons. The van der Waals surface area contributed by atoms with Crippen LogP contribution in [0, 0.1) is 0 Å². The van der Waals surface area contributed by atoms with Crippen LogP contribution in [-0.2, 0) is 27.8 Å². The summed E-state index contributed by atoms with van der Waals surface area (Å²) in [5, 5.41) is 2.95. The van der Waals surface area contributed by atoms with Gasteiger partial charge in [0.05, 0.1) is 10.7 Å². The molecule has 0 bridgehead atoms. The Balaban J connectivity index is 1.35. The molecule has 0 spiro atoms. The van der Waals surface area contributed by atoms with E-state index in [1.807, 2.05) is 18.2 Å². The zero-order chi connectivity index (χ0) is 21.8. The number of imidazole rings is 1. The monoisotopic (exact) mass is 458 g/mol. The fraction of sp³-hybridized carbons (Fsp3) is 0.273. The number of hydrogen-bond donors (Lipinski definition) is 2. The summed E-state index contributed by atoms with van der Waals surface area (Å²) in [5.41, 5.74) is 2.46. The third-order valence-corrected chi connectivity index (χ3v) is 7.08. The Labute approximate surface area is 186 Å². The average molecular weight is 459 g/mol. The fourth-order valence-corrected chi connectivity index (χ4v) is 5.12. The van der Waals surface area contributed by atoms with E-state index in [0.717, 1.165) is 36.5 Å². The number of aryl methyl sites for hydroxylation is 2. The van der Waals surface area contributed by atoms with Crippen molar-refractivity contribution in [1.82, 2.24) is 14.3 Å². The van der Waals surface area contributed by atoms with Crippen LogP contribution in [0.5, 0.6) is 0 Å². The van der Waals surface area contributed by atoms with Crippen LogP contribution in [0.15, 0.2) is 59.6 Å². The van der Waals surface area contributed by atoms with Gasteiger partial charge in [0.2, 0.25) is 15.9 Å². The molecule has 31 heavy (non-hydrogen) atoms. The van der Waals surface area contributed by atoms with Crippen molar-refractivity contribution >= 4 is 33.2 Å². The van der Waals surface area contributed by atoms with Crippen LogP contribution in [0.25, 0.3) is 11.3 Å². The minimum absolute atomic E-state index is 0.00691. The number of nitrogens with zero attached hydrogens (tertiary/aromatic N) is 2. The summed E-state index contributed by atoms with van der Waals surface area (Å²) in [7, 11) is -3.78. The van der Waals surface area contributed by atoms with Crippen LogP contribution in [-0.4, -0.2) is 30.4 Å². The summed E-state index contributed by atoms with van der Waals surface area (Å²) < 4.78 is 29.3. The normalized spacial score (nSPS) is 13.6. The van der Waals surface area contributed by atoms with Gasteiger partial charge >= 0.3 is 0 Å². The predicted molar refractivity (Wildman–Crippen MR) is 120 cm³/mol. The Morgan fingerprint density at radius 2 is 1.97 bits per heavy atom. The van der Waals surface area contributed by atoms with Crippen molar-refractivity contribution < 1.29 is 13.2 Å². The number of fused-ring (bicyclic) bond motifs is 1. The van der Waals surface area contributed by atoms with E-state index in [1.165, 1.54) is 18.6 Å². The SMILES string of the molecule is O=C(CCNS(=O)(=O)c1ccccc1Cl)Nc1cccc(-c2cn3c(n2)CCCC3)c1. The van der Waals surface area contributed by atoms with Gasteiger partial charge in [-0.3, -0.25) is 4.79 Å². The minimum atomic E-state index is -3.78. The maximum atomic E-state index is 12.3. The summed E-state index contributed by atoms with van der Waals surface area (Å²) >= 11 is 5.95. The molecule has 7 nitrogen and oxygen atoms in total. The standard InChI is InChI=1S/C22H23ClN4O3S/c23-18-8-1-2-9-20(18)31(29,30)24-12-11-22(28)25-17-7-5-6-16(14-17)19-15-27-13-4-3-10-21(27)26-19/h1-2,5-9,14-15,24H,3-4,10-13H2,(H,25,28). The predicted octanol–water partition coefficient (Wildman–Crippen LogP) is 3.85. The van der Waals surface area contributed by atoms with E-state index >= 15 is 0 Å². The first-order chi connectivity index (χ1) is 14.9. The number of amides is 1. The number of hydrogen-bond acceptors (Lipinski definition) is 4. The van der Waals surface area contributed by atoms with Gasteiger partial charge in [-0.15, -0.1) is 0 Å². The number of halogens is 1. The van der Waals surface area contributed by atoms with Gasteiger partial charge in [-0.25, -0.2) is 18.1 Å². The molecule has 2 heterocycles. The van der Waals surface area contributed by atoms with Crippen molar-refractivity contribution in [2.75, 3.05) is 11.9 Å². The number of anilines is 1. The van der Waals surface area contributed by atoms with E-state index in [-0.39, 0.29) is 28.8 Å². The molecule has 0 saturated heterocycles. The van der Waals surface area contributed by atoms with E-state index in [9.17, 15) is 13.2 Å². The minimum Gasteiger partial charge on any atom is -0.334 e. The summed E-state index contributed by atoms with van der Waals surface area (Å²) in [6, 6.07) is 13.7. The largest absolute Gasteiger partial charge is 0.334 e. The number of benzene rings is 2. The number of carbonyl (C=O) groups is 1. The lowest BCUT2D eigenvalue weighted by Crippen LogP contribution is -2.28. The molecule has 162 valence electrons. The van der Waals surface area contributed by atoms with Crippen LogP contribution in [0.3, 0.4) is 0 Å². The second kappa shape index (κ2) is 9.21. The molecule has 0 unspecified atom stereocenters. The highest BCUT2D eigenvalue weighted by atomic mass is 35.5. The van der Waals surface area contributed by atoms with Crippen LogP contribution in [0.1, 0.15) is 25.1 Å². The third-order valence-electron chi connectivity index (χ3n) is 5.12. The van der Waals surface area contributed by atoms with E-state index in [4.69, 9.17) is 16.6 Å². The summed E-state index contributed by atoms with van der Waals surface area (Å²) in [6.45, 7) is 0.954. The van der Waals surface area contributed by atoms with Crippen LogP contribution in [0.2, 0.25) is 5.02 Å². The molecule has 2 N–H and O–H groups in total. The van der Waals surface area contributed by atoms with Gasteiger partial charge in [-0.05, 0) is 37.1 Å². The molecule has 0 fully saturated rings. The van der Waals surface area contributed by atoms with E-state index in [2.05, 4.69) is 20.8 Å². The first kappa shape index (κ1) is 21.5. The molecule has 0 aliphatic carbocycles. The molecule has 4 rings (SSSR count). The van der Waals surface area contributed by atoms with Crippen LogP contribution in [0.4, 0.5) is 5.69 Å². The first-order valence-corrected chi connectivity index (χ1v) is 12.0. The summed E-state index contributed by atoms with van der Waals surface area (Å²) in [5.74, 6) is 0.810. The van der Waals surface area contributed by atoms with Crippen molar-refractivity contribution in [3.63, 3.8) is 0 Å². The second-order valence-electron chi connectivity index (χ2n) is 7.40. The highest BCUT2D eigenvalue weighted by Crippen LogP contribution is 2.25. The molecule has 2 aromatic carbocycles. The lowest BCUT2D eigenvalue weighted by atomic mass is 10.1. The summed E-state index contributed by atoms with van der Waals surface area (Å²) in [4.78, 5) is 17.0. The van der Waals surface area contributed by atoms with E-state index in [0.29, 0.717) is 5.69 Å². The molecule has 1 aromatic heterocycles. The molecule has 0 saturated carbocycles. The zero-order valence-corrected chi connectivity index (χ0v) is 18.4. The van der Waals surface area contributed by atoms with Crippen LogP contribution >= 0.6 is 11.6 Å². The van der Waals surface area contributed by atoms with E-state index < -0.39 is 10.0 Å². The van der Waals surface area contributed by atoms with Gasteiger partial charge in [-0.2, -0.15) is 0 Å². The highest BCUT2D eigenvalue weighted by Gasteiger charge is 2.17. The Morgan fingerprint density at radius 1 is 1.13 bits per heavy atom. The third kappa shape index (κ3) is 5.15.